The summed E-state index contributed by atoms with van der Waals surface area (Å²) in [5.74, 6) is 0. The van der Waals surface area contributed by atoms with Crippen molar-refractivity contribution < 1.29 is 0 Å². The summed E-state index contributed by atoms with van der Waals surface area (Å²) in [5.41, 5.74) is 0. The molecule has 0 aromatic rings. The van der Waals surface area contributed by atoms with Crippen LogP contribution in [0.3, 0.4) is 0 Å². The Hall–Kier alpha value is 1.36. The van der Waals surface area contributed by atoms with Crippen LogP contribution in [0.15, 0.2) is 0 Å². The van der Waals surface area contributed by atoms with Gasteiger partial charge < -0.3 is 0 Å². The maximum Gasteiger partial charge on any atom is 0.316 e. The van der Waals surface area contributed by atoms with Gasteiger partial charge in [0.2, 0.25) is 0 Å². The molecule has 0 amide bonds. The van der Waals surface area contributed by atoms with Crippen LogP contribution in [0.5, 0.6) is 0 Å². The topological polar surface area (TPSA) is 0 Å². The fraction of sp³-hybridized carbons (Fsp3) is 1.00. The average Bonchev–Trinajstić information content (AvgIpc) is 1.41. The Morgan fingerprint density at radius 1 is 1.50 bits per heavy atom. The van der Waals surface area contributed by atoms with Gasteiger partial charge in [-0.3, -0.25) is 0 Å². The number of unbranched alkanes of at least 4 members (excludes halogenated alkanes) is 1. The molecule has 0 fully saturated rings. The maximum absolute atomic E-state index is 2.21. The average molecular weight is 90.4 g/mol. The molecule has 0 saturated heterocycles. The van der Waals surface area contributed by atoms with E-state index in [1.54, 1.807) is 0 Å². The van der Waals surface area contributed by atoms with Gasteiger partial charge in [-0.1, -0.05) is 0 Å². The molecule has 30 valence electrons. The molecular weight excluding hydrogens is 79.3 g/mol. The zero-order chi connectivity index (χ0) is 4.12. The van der Waals surface area contributed by atoms with Gasteiger partial charge in [-0.15, -0.1) is 0 Å². The molecule has 0 aromatic carbocycles. The first-order valence-electron chi connectivity index (χ1n) is 2.41. The van der Waals surface area contributed by atoms with E-state index in [4.69, 9.17) is 0 Å². The fourth-order valence-electron chi connectivity index (χ4n) is 0.354. The molecule has 6 heavy (non-hydrogen) atoms. The van der Waals surface area contributed by atoms with Gasteiger partial charge in [-0.2, -0.15) is 0 Å². The second-order valence-corrected chi connectivity index (χ2v) is 1.35. The van der Waals surface area contributed by atoms with Crippen LogP contribution in [-0.4, -0.2) is 40.8 Å². The maximum atomic E-state index is 2.21. The predicted octanol–water partition coefficient (Wildman–Crippen LogP) is 0.457. The Labute approximate surface area is 65.4 Å². The molecule has 0 aliphatic heterocycles. The van der Waals surface area contributed by atoms with Gasteiger partial charge in [0, 0.05) is 0 Å². The molecular formula is C4H11LiMg. The van der Waals surface area contributed by atoms with Crippen molar-refractivity contribution >= 4 is 40.8 Å². The smallest absolute Gasteiger partial charge is 0.316 e. The molecule has 0 spiro atoms. The van der Waals surface area contributed by atoms with E-state index in [-0.39, 0.29) is 23.1 Å². The summed E-state index contributed by atoms with van der Waals surface area (Å²) in [6.07, 6.45) is 2.73. The minimum Gasteiger partial charge on any atom is 0.316 e. The van der Waals surface area contributed by atoms with Gasteiger partial charge >= 0.3 is 65.6 Å². The Morgan fingerprint density at radius 3 is 2.00 bits per heavy atom. The molecule has 0 aliphatic carbocycles. The summed E-state index contributed by atoms with van der Waals surface area (Å²) in [6, 6.07) is 0. The summed E-state index contributed by atoms with van der Waals surface area (Å²) in [7, 11) is 0. The largest absolute Gasteiger partial charge is 0.316 e. The van der Waals surface area contributed by atoms with E-state index >= 15 is 0 Å². The van der Waals surface area contributed by atoms with Crippen LogP contribution >= 0.6 is 0 Å². The van der Waals surface area contributed by atoms with Crippen molar-refractivity contribution in [1.29, 1.82) is 0 Å². The van der Waals surface area contributed by atoms with Gasteiger partial charge in [-0.05, 0) is 0 Å². The minimum atomic E-state index is 0. The van der Waals surface area contributed by atoms with E-state index in [1.165, 1.54) is 17.9 Å². The monoisotopic (exact) mass is 90.1 g/mol. The summed E-state index contributed by atoms with van der Waals surface area (Å²) in [5, 5.41) is 1.34. The number of hydrogen-bond donors (Lipinski definition) is 0. The van der Waals surface area contributed by atoms with Crippen LogP contribution in [-0.2, 0) is 0 Å². The molecule has 0 unspecified atom stereocenters. The molecule has 0 saturated carbocycles. The Morgan fingerprint density at radius 2 is 2.00 bits per heavy atom. The fourth-order valence-corrected chi connectivity index (χ4v) is 0.354. The van der Waals surface area contributed by atoms with Gasteiger partial charge in [0.25, 0.3) is 0 Å². The normalized spacial score (nSPS) is 7.17. The summed E-state index contributed by atoms with van der Waals surface area (Å²) < 4.78 is 0. The van der Waals surface area contributed by atoms with Crippen LogP contribution in [0.1, 0.15) is 19.8 Å². The van der Waals surface area contributed by atoms with Gasteiger partial charge in [0.05, 0.1) is 0 Å². The summed E-state index contributed by atoms with van der Waals surface area (Å²) >= 11 is 2.21. The molecule has 0 bridgehead atoms. The van der Waals surface area contributed by atoms with E-state index in [9.17, 15) is 0 Å². The van der Waals surface area contributed by atoms with Crippen LogP contribution in [0.4, 0.5) is 0 Å². The SMILES string of the molecule is [Li][CH2]CCC.[MgH2]. The third-order valence-electron chi connectivity index (χ3n) is 0.707. The van der Waals surface area contributed by atoms with Crippen LogP contribution in [0, 0.1) is 0 Å². The van der Waals surface area contributed by atoms with Crippen LogP contribution in [0.2, 0.25) is 5.09 Å². The van der Waals surface area contributed by atoms with E-state index in [0.29, 0.717) is 0 Å². The number of rotatable bonds is 2. The quantitative estimate of drug-likeness (QED) is 0.432. The first-order chi connectivity index (χ1) is 2.41. The third-order valence-corrected chi connectivity index (χ3v) is 0.707. The Kier molecular flexibility index (Phi) is 16.6. The molecule has 0 nitrogen and oxygen atoms in total. The molecule has 0 rings (SSSR count). The standard InChI is InChI=1S/C4H9.Li.Mg.2H/c1-3-4-2;;;;/h1,3-4H2,2H3;;;;. The van der Waals surface area contributed by atoms with Crippen molar-refractivity contribution in [2.45, 2.75) is 24.9 Å². The van der Waals surface area contributed by atoms with Crippen molar-refractivity contribution in [3.05, 3.63) is 0 Å². The third kappa shape index (κ3) is 9.03. The van der Waals surface area contributed by atoms with Crippen LogP contribution < -0.4 is 0 Å². The van der Waals surface area contributed by atoms with Crippen molar-refractivity contribution in [2.75, 3.05) is 0 Å². The Balaban J connectivity index is 0. The first kappa shape index (κ1) is 10.4. The van der Waals surface area contributed by atoms with Crippen LogP contribution in [0.25, 0.3) is 0 Å². The van der Waals surface area contributed by atoms with E-state index in [1.807, 2.05) is 0 Å². The first-order valence-corrected chi connectivity index (χ1v) is 2.41. The molecule has 0 aliphatic rings. The molecule has 2 heteroatoms. The predicted molar refractivity (Wildman–Crippen MR) is 34.0 cm³/mol. The van der Waals surface area contributed by atoms with Gasteiger partial charge in [0.1, 0.15) is 0 Å². The van der Waals surface area contributed by atoms with Crippen molar-refractivity contribution in [3.8, 4) is 0 Å². The Bertz CT molecular complexity index is 15.0. The molecule has 0 atom stereocenters. The van der Waals surface area contributed by atoms with Crippen molar-refractivity contribution in [1.82, 2.24) is 0 Å². The van der Waals surface area contributed by atoms with Gasteiger partial charge in [0.15, 0.2) is 0 Å². The zero-order valence-electron chi connectivity index (χ0n) is 4.12. The minimum absolute atomic E-state index is 0. The van der Waals surface area contributed by atoms with E-state index in [2.05, 4.69) is 24.6 Å². The second-order valence-electron chi connectivity index (χ2n) is 1.35. The van der Waals surface area contributed by atoms with Gasteiger partial charge in [-0.25, -0.2) is 0 Å². The number of hydrogen-bond acceptors (Lipinski definition) is 0. The van der Waals surface area contributed by atoms with E-state index < -0.39 is 0 Å². The molecule has 0 N–H and O–H groups in total. The summed E-state index contributed by atoms with van der Waals surface area (Å²) in [4.78, 5) is 0. The molecule has 0 radical (unpaired) electrons. The van der Waals surface area contributed by atoms with Crippen molar-refractivity contribution in [2.24, 2.45) is 0 Å². The molecule has 0 heterocycles. The van der Waals surface area contributed by atoms with E-state index in [0.717, 1.165) is 0 Å². The van der Waals surface area contributed by atoms with Crippen molar-refractivity contribution in [3.63, 3.8) is 0 Å². The summed E-state index contributed by atoms with van der Waals surface area (Å²) in [6.45, 7) is 2.21. The zero-order valence-corrected chi connectivity index (χ0v) is 4.12. The second kappa shape index (κ2) is 9.61. The molecule has 0 aromatic heterocycles.